The fraction of sp³-hybridized carbons (Fsp3) is 0.417. The van der Waals surface area contributed by atoms with Gasteiger partial charge in [-0.3, -0.25) is 14.4 Å². The molecule has 0 radical (unpaired) electrons. The number of rotatable bonds is 4. The van der Waals surface area contributed by atoms with Crippen molar-refractivity contribution in [1.29, 1.82) is 0 Å². The Morgan fingerprint density at radius 1 is 1.47 bits per heavy atom. The van der Waals surface area contributed by atoms with Gasteiger partial charge in [0.2, 0.25) is 5.91 Å². The van der Waals surface area contributed by atoms with E-state index in [0.717, 1.165) is 6.42 Å². The van der Waals surface area contributed by atoms with Crippen molar-refractivity contribution >= 4 is 29.1 Å². The minimum Gasteiger partial charge on any atom is -0.480 e. The Kier molecular flexibility index (Phi) is 4.16. The molecule has 2 N–H and O–H groups in total. The molecule has 1 aliphatic rings. The van der Waals surface area contributed by atoms with Crippen LogP contribution in [-0.4, -0.2) is 46.9 Å². The number of nitrogens with one attached hydrogen (secondary N) is 1. The van der Waals surface area contributed by atoms with Gasteiger partial charge in [0.25, 0.3) is 5.91 Å². The number of amides is 2. The first kappa shape index (κ1) is 13.5. The van der Waals surface area contributed by atoms with Crippen LogP contribution in [0.1, 0.15) is 22.5 Å². The van der Waals surface area contributed by atoms with Crippen LogP contribution in [0.5, 0.6) is 0 Å². The van der Waals surface area contributed by atoms with Crippen molar-refractivity contribution in [2.24, 2.45) is 0 Å². The van der Waals surface area contributed by atoms with Gasteiger partial charge in [-0.15, -0.1) is 11.3 Å². The molecule has 102 valence electrons. The molecule has 1 aromatic heterocycles. The number of carbonyl (C=O) groups excluding carboxylic acids is 2. The molecule has 0 aromatic carbocycles. The summed E-state index contributed by atoms with van der Waals surface area (Å²) in [4.78, 5) is 36.6. The molecule has 1 aliphatic heterocycles. The molecule has 6 nitrogen and oxygen atoms in total. The second-order valence-corrected chi connectivity index (χ2v) is 5.19. The minimum atomic E-state index is -1.09. The monoisotopic (exact) mass is 282 g/mol. The van der Waals surface area contributed by atoms with Gasteiger partial charge in [-0.2, -0.15) is 0 Å². The van der Waals surface area contributed by atoms with E-state index >= 15 is 0 Å². The highest BCUT2D eigenvalue weighted by Crippen LogP contribution is 2.22. The van der Waals surface area contributed by atoms with Crippen molar-refractivity contribution in [3.8, 4) is 0 Å². The third kappa shape index (κ3) is 3.11. The number of aliphatic carboxylic acids is 1. The highest BCUT2D eigenvalue weighted by molar-refractivity contribution is 7.12. The van der Waals surface area contributed by atoms with E-state index < -0.39 is 24.5 Å². The summed E-state index contributed by atoms with van der Waals surface area (Å²) in [6, 6.07) is 2.94. The van der Waals surface area contributed by atoms with Gasteiger partial charge in [0.15, 0.2) is 0 Å². The van der Waals surface area contributed by atoms with Gasteiger partial charge >= 0.3 is 5.97 Å². The standard InChI is InChI=1S/C12H14N2O4S/c15-10(16)7-13-11(17)8-3-1-5-14(8)12(18)9-4-2-6-19-9/h2,4,6,8H,1,3,5,7H2,(H,13,17)(H,15,16). The van der Waals surface area contributed by atoms with Gasteiger partial charge in [-0.05, 0) is 24.3 Å². The van der Waals surface area contributed by atoms with Crippen molar-refractivity contribution in [3.63, 3.8) is 0 Å². The highest BCUT2D eigenvalue weighted by atomic mass is 32.1. The predicted molar refractivity (Wildman–Crippen MR) is 69.0 cm³/mol. The number of carboxylic acids is 1. The highest BCUT2D eigenvalue weighted by Gasteiger charge is 2.34. The molecular weight excluding hydrogens is 268 g/mol. The van der Waals surface area contributed by atoms with Crippen LogP contribution in [0.3, 0.4) is 0 Å². The molecule has 0 bridgehead atoms. The smallest absolute Gasteiger partial charge is 0.322 e. The molecule has 2 amide bonds. The minimum absolute atomic E-state index is 0.164. The number of nitrogens with zero attached hydrogens (tertiary/aromatic N) is 1. The number of carboxylic acid groups (broad SMARTS) is 1. The first-order valence-corrected chi connectivity index (χ1v) is 6.81. The second-order valence-electron chi connectivity index (χ2n) is 4.25. The zero-order valence-electron chi connectivity index (χ0n) is 10.2. The lowest BCUT2D eigenvalue weighted by molar-refractivity contribution is -0.138. The van der Waals surface area contributed by atoms with Gasteiger partial charge in [-0.25, -0.2) is 0 Å². The predicted octanol–water partition coefficient (Wildman–Crippen LogP) is 0.554. The number of carbonyl (C=O) groups is 3. The third-order valence-corrected chi connectivity index (χ3v) is 3.82. The fourth-order valence-electron chi connectivity index (χ4n) is 2.10. The summed E-state index contributed by atoms with van der Waals surface area (Å²) in [5.41, 5.74) is 0. The molecule has 0 aliphatic carbocycles. The number of hydrogen-bond acceptors (Lipinski definition) is 4. The topological polar surface area (TPSA) is 86.7 Å². The first-order valence-electron chi connectivity index (χ1n) is 5.93. The van der Waals surface area contributed by atoms with E-state index in [1.165, 1.54) is 16.2 Å². The summed E-state index contributed by atoms with van der Waals surface area (Å²) in [7, 11) is 0. The summed E-state index contributed by atoms with van der Waals surface area (Å²) < 4.78 is 0. The maximum atomic E-state index is 12.2. The van der Waals surface area contributed by atoms with E-state index in [9.17, 15) is 14.4 Å². The Morgan fingerprint density at radius 3 is 2.89 bits per heavy atom. The Labute approximate surface area is 114 Å². The Bertz CT molecular complexity index is 486. The van der Waals surface area contributed by atoms with E-state index in [1.807, 2.05) is 5.38 Å². The maximum absolute atomic E-state index is 12.2. The summed E-state index contributed by atoms with van der Waals surface area (Å²) in [5.74, 6) is -1.66. The van der Waals surface area contributed by atoms with Crippen molar-refractivity contribution in [2.75, 3.05) is 13.1 Å². The van der Waals surface area contributed by atoms with E-state index in [4.69, 9.17) is 5.11 Å². The van der Waals surface area contributed by atoms with E-state index in [0.29, 0.717) is 17.8 Å². The Hall–Kier alpha value is -1.89. The maximum Gasteiger partial charge on any atom is 0.322 e. The lowest BCUT2D eigenvalue weighted by Gasteiger charge is -2.23. The number of likely N-dealkylation sites (tertiary alicyclic amines) is 1. The van der Waals surface area contributed by atoms with Crippen LogP contribution in [0.2, 0.25) is 0 Å². The van der Waals surface area contributed by atoms with Crippen molar-refractivity contribution < 1.29 is 19.5 Å². The van der Waals surface area contributed by atoms with Crippen LogP contribution < -0.4 is 5.32 Å². The lowest BCUT2D eigenvalue weighted by Crippen LogP contribution is -2.46. The van der Waals surface area contributed by atoms with Crippen LogP contribution >= 0.6 is 11.3 Å². The summed E-state index contributed by atoms with van der Waals surface area (Å²) in [6.45, 7) is 0.109. The van der Waals surface area contributed by atoms with Gasteiger partial charge < -0.3 is 15.3 Å². The fourth-order valence-corrected chi connectivity index (χ4v) is 2.78. The van der Waals surface area contributed by atoms with E-state index in [2.05, 4.69) is 5.32 Å². The molecule has 7 heteroatoms. The Balaban J connectivity index is 2.02. The van der Waals surface area contributed by atoms with Crippen LogP contribution in [0.4, 0.5) is 0 Å². The average molecular weight is 282 g/mol. The zero-order valence-corrected chi connectivity index (χ0v) is 11.0. The lowest BCUT2D eigenvalue weighted by atomic mass is 10.2. The van der Waals surface area contributed by atoms with Crippen LogP contribution in [-0.2, 0) is 9.59 Å². The molecule has 0 saturated carbocycles. The van der Waals surface area contributed by atoms with Gasteiger partial charge in [0, 0.05) is 6.54 Å². The van der Waals surface area contributed by atoms with E-state index in [-0.39, 0.29) is 5.91 Å². The zero-order chi connectivity index (χ0) is 13.8. The molecule has 1 unspecified atom stereocenters. The second kappa shape index (κ2) is 5.83. The normalized spacial score (nSPS) is 18.3. The molecule has 2 rings (SSSR count). The SMILES string of the molecule is O=C(O)CNC(=O)C1CCCN1C(=O)c1cccs1. The molecule has 1 atom stereocenters. The van der Waals surface area contributed by atoms with Crippen LogP contribution in [0.15, 0.2) is 17.5 Å². The van der Waals surface area contributed by atoms with Crippen molar-refractivity contribution in [1.82, 2.24) is 10.2 Å². The summed E-state index contributed by atoms with van der Waals surface area (Å²) in [5, 5.41) is 12.7. The quantitative estimate of drug-likeness (QED) is 0.844. The molecule has 19 heavy (non-hydrogen) atoms. The molecule has 1 aromatic rings. The van der Waals surface area contributed by atoms with Gasteiger partial charge in [0.05, 0.1) is 4.88 Å². The van der Waals surface area contributed by atoms with Gasteiger partial charge in [-0.1, -0.05) is 6.07 Å². The molecule has 1 saturated heterocycles. The van der Waals surface area contributed by atoms with Gasteiger partial charge in [0.1, 0.15) is 12.6 Å². The number of thiophene rings is 1. The third-order valence-electron chi connectivity index (χ3n) is 2.96. The molecule has 2 heterocycles. The van der Waals surface area contributed by atoms with E-state index in [1.54, 1.807) is 12.1 Å². The summed E-state index contributed by atoms with van der Waals surface area (Å²) in [6.07, 6.45) is 1.32. The molecular formula is C12H14N2O4S. The first-order chi connectivity index (χ1) is 9.09. The molecule has 1 fully saturated rings. The number of hydrogen-bond donors (Lipinski definition) is 2. The van der Waals surface area contributed by atoms with Crippen molar-refractivity contribution in [2.45, 2.75) is 18.9 Å². The summed E-state index contributed by atoms with van der Waals surface area (Å²) >= 11 is 1.33. The Morgan fingerprint density at radius 2 is 2.26 bits per heavy atom. The van der Waals surface area contributed by atoms with Crippen LogP contribution in [0.25, 0.3) is 0 Å². The van der Waals surface area contributed by atoms with Crippen molar-refractivity contribution in [3.05, 3.63) is 22.4 Å². The average Bonchev–Trinajstić information content (AvgIpc) is 3.05. The molecule has 0 spiro atoms. The van der Waals surface area contributed by atoms with Crippen LogP contribution in [0, 0.1) is 0 Å². The largest absolute Gasteiger partial charge is 0.480 e.